The van der Waals surface area contributed by atoms with Gasteiger partial charge in [-0.3, -0.25) is 9.69 Å². The molecule has 2 aromatic heterocycles. The maximum absolute atomic E-state index is 13.6. The molecule has 9 heteroatoms. The van der Waals surface area contributed by atoms with Crippen molar-refractivity contribution < 1.29 is 18.0 Å². The van der Waals surface area contributed by atoms with E-state index >= 15 is 0 Å². The predicted molar refractivity (Wildman–Crippen MR) is 107 cm³/mol. The Morgan fingerprint density at radius 2 is 1.87 bits per heavy atom. The van der Waals surface area contributed by atoms with Crippen LogP contribution in [0, 0.1) is 5.82 Å². The Hall–Kier alpha value is -2.94. The van der Waals surface area contributed by atoms with Crippen LogP contribution in [0.2, 0.25) is 0 Å². The van der Waals surface area contributed by atoms with Crippen LogP contribution in [0.4, 0.5) is 13.2 Å². The van der Waals surface area contributed by atoms with Crippen LogP contribution in [-0.4, -0.2) is 56.5 Å². The Morgan fingerprint density at radius 3 is 2.55 bits per heavy atom. The topological polar surface area (TPSA) is 53.7 Å². The highest BCUT2D eigenvalue weighted by atomic mass is 19.3. The molecule has 0 radical (unpaired) electrons. The van der Waals surface area contributed by atoms with Gasteiger partial charge in [0.05, 0.1) is 0 Å². The van der Waals surface area contributed by atoms with Crippen LogP contribution in [-0.2, 0) is 6.54 Å². The Morgan fingerprint density at radius 1 is 1.10 bits per heavy atom. The van der Waals surface area contributed by atoms with E-state index < -0.39 is 6.43 Å². The number of piperazine rings is 1. The van der Waals surface area contributed by atoms with Gasteiger partial charge < -0.3 is 4.90 Å². The lowest BCUT2D eigenvalue weighted by molar-refractivity contribution is 0.0621. The number of alkyl halides is 2. The summed E-state index contributed by atoms with van der Waals surface area (Å²) < 4.78 is 41.6. The number of carbonyl (C=O) groups excluding carboxylic acids is 1. The summed E-state index contributed by atoms with van der Waals surface area (Å²) in [4.78, 5) is 21.2. The van der Waals surface area contributed by atoms with Gasteiger partial charge in [-0.05, 0) is 36.6 Å². The smallest absolute Gasteiger partial charge is 0.280 e. The number of benzene rings is 1. The molecule has 0 atom stereocenters. The molecule has 31 heavy (non-hydrogen) atoms. The lowest BCUT2D eigenvalue weighted by Crippen LogP contribution is -2.48. The van der Waals surface area contributed by atoms with Gasteiger partial charge in [-0.25, -0.2) is 22.7 Å². The van der Waals surface area contributed by atoms with E-state index in [1.165, 1.54) is 24.3 Å². The first kappa shape index (κ1) is 20.0. The molecule has 5 rings (SSSR count). The zero-order valence-corrected chi connectivity index (χ0v) is 16.8. The number of fused-ring (bicyclic) bond motifs is 1. The molecule has 1 aliphatic heterocycles. The summed E-state index contributed by atoms with van der Waals surface area (Å²) in [5.74, 6) is -0.327. The molecule has 3 aromatic rings. The molecule has 162 valence electrons. The van der Waals surface area contributed by atoms with Crippen LogP contribution in [0.25, 0.3) is 5.65 Å². The first-order chi connectivity index (χ1) is 15.0. The van der Waals surface area contributed by atoms with Crippen LogP contribution >= 0.6 is 0 Å². The van der Waals surface area contributed by atoms with Gasteiger partial charge in [0.1, 0.15) is 11.5 Å². The highest BCUT2D eigenvalue weighted by molar-refractivity contribution is 5.93. The number of nitrogens with zero attached hydrogens (tertiary/aromatic N) is 5. The van der Waals surface area contributed by atoms with Crippen LogP contribution in [0.1, 0.15) is 52.6 Å². The summed E-state index contributed by atoms with van der Waals surface area (Å²) in [6, 6.07) is 9.39. The van der Waals surface area contributed by atoms with Crippen LogP contribution in [0.15, 0.2) is 36.4 Å². The van der Waals surface area contributed by atoms with E-state index in [1.807, 2.05) is 6.07 Å². The average Bonchev–Trinajstić information content (AvgIpc) is 3.51. The lowest BCUT2D eigenvalue weighted by atomic mass is 10.2. The lowest BCUT2D eigenvalue weighted by Gasteiger charge is -2.34. The fourth-order valence-corrected chi connectivity index (χ4v) is 4.03. The highest BCUT2D eigenvalue weighted by Crippen LogP contribution is 2.40. The van der Waals surface area contributed by atoms with Gasteiger partial charge in [0, 0.05) is 50.4 Å². The van der Waals surface area contributed by atoms with Crippen molar-refractivity contribution in [1.29, 1.82) is 0 Å². The molecule has 1 aliphatic carbocycles. The molecule has 0 unspecified atom stereocenters. The molecule has 2 fully saturated rings. The number of rotatable bonds is 5. The molecular weight excluding hydrogens is 407 g/mol. The van der Waals surface area contributed by atoms with Gasteiger partial charge in [-0.15, -0.1) is 0 Å². The van der Waals surface area contributed by atoms with Crippen molar-refractivity contribution in [1.82, 2.24) is 24.4 Å². The van der Waals surface area contributed by atoms with E-state index in [-0.39, 0.29) is 34.7 Å². The zero-order valence-electron chi connectivity index (χ0n) is 16.8. The van der Waals surface area contributed by atoms with E-state index in [0.717, 1.165) is 22.9 Å². The first-order valence-electron chi connectivity index (χ1n) is 10.4. The van der Waals surface area contributed by atoms with Crippen molar-refractivity contribution in [2.45, 2.75) is 31.7 Å². The third-order valence-electron chi connectivity index (χ3n) is 5.87. The zero-order chi connectivity index (χ0) is 21.5. The summed E-state index contributed by atoms with van der Waals surface area (Å²) in [6.07, 6.45) is -0.797. The fourth-order valence-electron chi connectivity index (χ4n) is 4.03. The van der Waals surface area contributed by atoms with Crippen molar-refractivity contribution >= 4 is 11.6 Å². The number of halogens is 3. The second kappa shape index (κ2) is 7.96. The molecular formula is C22H22F3N5O. The number of carbonyl (C=O) groups is 1. The number of hydrogen-bond donors (Lipinski definition) is 0. The van der Waals surface area contributed by atoms with E-state index in [4.69, 9.17) is 0 Å². The largest absolute Gasteiger partial charge is 0.335 e. The Balaban J connectivity index is 1.30. The van der Waals surface area contributed by atoms with E-state index in [1.54, 1.807) is 11.0 Å². The molecule has 1 aromatic carbocycles. The summed E-state index contributed by atoms with van der Waals surface area (Å²) in [6.45, 7) is 2.87. The van der Waals surface area contributed by atoms with Crippen LogP contribution in [0.3, 0.4) is 0 Å². The monoisotopic (exact) mass is 429 g/mol. The van der Waals surface area contributed by atoms with Gasteiger partial charge in [-0.1, -0.05) is 12.1 Å². The third kappa shape index (κ3) is 4.14. The Kier molecular flexibility index (Phi) is 5.13. The van der Waals surface area contributed by atoms with Crippen molar-refractivity contribution in [2.75, 3.05) is 26.2 Å². The van der Waals surface area contributed by atoms with Crippen molar-refractivity contribution in [3.8, 4) is 0 Å². The number of aromatic nitrogens is 3. The number of hydrogen-bond acceptors (Lipinski definition) is 4. The summed E-state index contributed by atoms with van der Waals surface area (Å²) in [7, 11) is 0. The Bertz CT molecular complexity index is 1120. The molecule has 0 N–H and O–H groups in total. The quantitative estimate of drug-likeness (QED) is 0.622. The second-order valence-corrected chi connectivity index (χ2v) is 8.18. The van der Waals surface area contributed by atoms with Crippen molar-refractivity contribution in [3.05, 3.63) is 64.9 Å². The highest BCUT2D eigenvalue weighted by Gasteiger charge is 2.29. The molecule has 1 amide bonds. The van der Waals surface area contributed by atoms with Gasteiger partial charge in [0.15, 0.2) is 11.3 Å². The van der Waals surface area contributed by atoms with E-state index in [9.17, 15) is 18.0 Å². The minimum absolute atomic E-state index is 0.126. The van der Waals surface area contributed by atoms with E-state index in [2.05, 4.69) is 15.0 Å². The van der Waals surface area contributed by atoms with Crippen LogP contribution in [0.5, 0.6) is 0 Å². The first-order valence-corrected chi connectivity index (χ1v) is 10.4. The van der Waals surface area contributed by atoms with Gasteiger partial charge in [0.2, 0.25) is 0 Å². The predicted octanol–water partition coefficient (Wildman–Crippen LogP) is 3.64. The minimum atomic E-state index is -2.70. The van der Waals surface area contributed by atoms with E-state index in [0.29, 0.717) is 38.4 Å². The second-order valence-electron chi connectivity index (χ2n) is 8.18. The van der Waals surface area contributed by atoms with Gasteiger partial charge in [-0.2, -0.15) is 5.10 Å². The molecule has 0 spiro atoms. The molecule has 3 heterocycles. The van der Waals surface area contributed by atoms with Gasteiger partial charge >= 0.3 is 0 Å². The fraction of sp³-hybridized carbons (Fsp3) is 0.409. The summed E-state index contributed by atoms with van der Waals surface area (Å²) in [5, 5.41) is 4.15. The SMILES string of the molecule is O=C(c1cc2nc(C3CC3)cc(C(F)F)n2n1)N1CCN(Cc2cccc(F)c2)CC1. The van der Waals surface area contributed by atoms with Gasteiger partial charge in [0.25, 0.3) is 12.3 Å². The third-order valence-corrected chi connectivity index (χ3v) is 5.87. The summed E-state index contributed by atoms with van der Waals surface area (Å²) in [5.41, 5.74) is 1.71. The minimum Gasteiger partial charge on any atom is -0.335 e. The molecule has 1 saturated heterocycles. The maximum atomic E-state index is 13.6. The van der Waals surface area contributed by atoms with Crippen molar-refractivity contribution in [2.24, 2.45) is 0 Å². The molecule has 6 nitrogen and oxygen atoms in total. The van der Waals surface area contributed by atoms with Crippen LogP contribution < -0.4 is 0 Å². The molecule has 2 aliphatic rings. The molecule has 0 bridgehead atoms. The maximum Gasteiger partial charge on any atom is 0.280 e. The number of amides is 1. The normalized spacial score (nSPS) is 17.6. The average molecular weight is 429 g/mol. The summed E-state index contributed by atoms with van der Waals surface area (Å²) >= 11 is 0. The standard InChI is InChI=1S/C22H22F3N5O/c23-16-3-1-2-14(10-16)13-28-6-8-29(9-7-28)22(31)18-12-20-26-17(15-4-5-15)11-19(21(24)25)30(20)27-18/h1-3,10-12,15,21H,4-9,13H2. The molecule has 1 saturated carbocycles. The Labute approximate surface area is 177 Å². The van der Waals surface area contributed by atoms with Crippen molar-refractivity contribution in [3.63, 3.8) is 0 Å².